The Bertz CT molecular complexity index is 118. The number of hydrogen-bond donors (Lipinski definition) is 1. The molecule has 2 nitrogen and oxygen atoms in total. The molecule has 1 unspecified atom stereocenters. The second kappa shape index (κ2) is 5.15. The highest BCUT2D eigenvalue weighted by Crippen LogP contribution is 2.09. The first-order chi connectivity index (χ1) is 4.72. The molecular formula is C8H16N2. The molecule has 0 aromatic rings. The van der Waals surface area contributed by atoms with Crippen LogP contribution in [0.5, 0.6) is 0 Å². The quantitative estimate of drug-likeness (QED) is 0.581. The maximum atomic E-state index is 6.72. The van der Waals surface area contributed by atoms with Gasteiger partial charge in [0.2, 0.25) is 0 Å². The zero-order valence-electron chi connectivity index (χ0n) is 6.96. The monoisotopic (exact) mass is 140 g/mol. The van der Waals surface area contributed by atoms with Gasteiger partial charge in [0.25, 0.3) is 0 Å². The van der Waals surface area contributed by atoms with Crippen LogP contribution in [0.15, 0.2) is 4.99 Å². The second-order valence-corrected chi connectivity index (χ2v) is 2.59. The van der Waals surface area contributed by atoms with Crippen LogP contribution in [0.4, 0.5) is 0 Å². The fourth-order valence-electron chi connectivity index (χ4n) is 0.667. The van der Waals surface area contributed by atoms with Crippen molar-refractivity contribution in [3.05, 3.63) is 0 Å². The molecule has 0 spiro atoms. The molecule has 0 aliphatic heterocycles. The maximum absolute atomic E-state index is 6.72. The van der Waals surface area contributed by atoms with Crippen molar-refractivity contribution in [2.24, 2.45) is 10.9 Å². The van der Waals surface area contributed by atoms with Gasteiger partial charge in [0, 0.05) is 18.5 Å². The molecule has 10 heavy (non-hydrogen) atoms. The van der Waals surface area contributed by atoms with Gasteiger partial charge in [-0.3, -0.25) is 4.99 Å². The summed E-state index contributed by atoms with van der Waals surface area (Å²) in [6.45, 7) is 6.40. The van der Waals surface area contributed by atoms with E-state index in [1.54, 1.807) is 6.21 Å². The van der Waals surface area contributed by atoms with Gasteiger partial charge < -0.3 is 5.41 Å². The summed E-state index contributed by atoms with van der Waals surface area (Å²) in [6, 6.07) is 0.353. The smallest absolute Gasteiger partial charge is 0.0497 e. The van der Waals surface area contributed by atoms with Crippen LogP contribution in [-0.4, -0.2) is 18.5 Å². The summed E-state index contributed by atoms with van der Waals surface area (Å²) in [5.74, 6) is 0.621. The maximum Gasteiger partial charge on any atom is 0.0497 e. The Balaban J connectivity index is 3.70. The number of hydrogen-bond acceptors (Lipinski definition) is 2. The van der Waals surface area contributed by atoms with Crippen molar-refractivity contribution in [3.63, 3.8) is 0 Å². The predicted molar refractivity (Wildman–Crippen MR) is 46.2 cm³/mol. The van der Waals surface area contributed by atoms with Crippen LogP contribution in [0.2, 0.25) is 0 Å². The summed E-state index contributed by atoms with van der Waals surface area (Å²) in [4.78, 5) is 4.15. The van der Waals surface area contributed by atoms with Gasteiger partial charge in [0.05, 0.1) is 0 Å². The van der Waals surface area contributed by atoms with Gasteiger partial charge in [-0.2, -0.15) is 0 Å². The van der Waals surface area contributed by atoms with Gasteiger partial charge in [-0.05, 0) is 12.8 Å². The van der Waals surface area contributed by atoms with Crippen LogP contribution in [0.1, 0.15) is 27.2 Å². The highest BCUT2D eigenvalue weighted by Gasteiger charge is 2.05. The van der Waals surface area contributed by atoms with Crippen molar-refractivity contribution in [2.75, 3.05) is 0 Å². The topological polar surface area (TPSA) is 36.2 Å². The standard InChI is InChI=1S/C8H16N2/c1-4-7(2)8(3)10-6-5-9/h5-9H,4H2,1-3H3/b9-5?,10-6-/t7-,8?/m1/s1. The Hall–Kier alpha value is -0.660. The Labute approximate surface area is 62.9 Å². The van der Waals surface area contributed by atoms with Crippen LogP contribution in [0.3, 0.4) is 0 Å². The SMILES string of the molecule is CC[C@@H](C)C(C)/N=C\C=N. The Kier molecular flexibility index (Phi) is 4.81. The van der Waals surface area contributed by atoms with Crippen molar-refractivity contribution in [1.82, 2.24) is 0 Å². The molecule has 0 fully saturated rings. The van der Waals surface area contributed by atoms with Crippen LogP contribution in [0, 0.1) is 11.3 Å². The van der Waals surface area contributed by atoms with E-state index in [0.717, 1.165) is 6.42 Å². The third-order valence-electron chi connectivity index (χ3n) is 1.86. The average Bonchev–Trinajstić information content (AvgIpc) is 1.98. The van der Waals surface area contributed by atoms with Crippen LogP contribution in [-0.2, 0) is 0 Å². The molecular weight excluding hydrogens is 124 g/mol. The van der Waals surface area contributed by atoms with E-state index in [4.69, 9.17) is 5.41 Å². The molecule has 0 saturated carbocycles. The van der Waals surface area contributed by atoms with E-state index in [2.05, 4.69) is 25.8 Å². The van der Waals surface area contributed by atoms with Crippen molar-refractivity contribution in [3.8, 4) is 0 Å². The van der Waals surface area contributed by atoms with Gasteiger partial charge in [-0.1, -0.05) is 20.3 Å². The zero-order valence-corrected chi connectivity index (χ0v) is 6.96. The van der Waals surface area contributed by atoms with E-state index in [-0.39, 0.29) is 0 Å². The third-order valence-corrected chi connectivity index (χ3v) is 1.86. The number of nitrogens with one attached hydrogen (secondary N) is 1. The minimum absolute atomic E-state index is 0.353. The Morgan fingerprint density at radius 3 is 2.50 bits per heavy atom. The largest absolute Gasteiger partial charge is 0.307 e. The summed E-state index contributed by atoms with van der Waals surface area (Å²) in [5.41, 5.74) is 0. The minimum atomic E-state index is 0.353. The van der Waals surface area contributed by atoms with Crippen molar-refractivity contribution in [2.45, 2.75) is 33.2 Å². The number of rotatable bonds is 4. The van der Waals surface area contributed by atoms with E-state index < -0.39 is 0 Å². The molecule has 2 heteroatoms. The highest BCUT2D eigenvalue weighted by molar-refractivity contribution is 6.14. The highest BCUT2D eigenvalue weighted by atomic mass is 14.8. The van der Waals surface area contributed by atoms with Crippen LogP contribution < -0.4 is 0 Å². The van der Waals surface area contributed by atoms with Crippen LogP contribution in [0.25, 0.3) is 0 Å². The van der Waals surface area contributed by atoms with Gasteiger partial charge in [0.15, 0.2) is 0 Å². The first kappa shape index (κ1) is 9.34. The third kappa shape index (κ3) is 3.38. The molecule has 0 amide bonds. The van der Waals surface area contributed by atoms with Gasteiger partial charge in [0.1, 0.15) is 0 Å². The molecule has 1 N–H and O–H groups in total. The lowest BCUT2D eigenvalue weighted by Crippen LogP contribution is -2.10. The van der Waals surface area contributed by atoms with E-state index in [1.807, 2.05) is 0 Å². The molecule has 0 aromatic carbocycles. The predicted octanol–water partition coefficient (Wildman–Crippen LogP) is 2.14. The number of nitrogens with zero attached hydrogens (tertiary/aromatic N) is 1. The number of aliphatic imine (C=N–C) groups is 1. The first-order valence-corrected chi connectivity index (χ1v) is 3.74. The fraction of sp³-hybridized carbons (Fsp3) is 0.750. The fourth-order valence-corrected chi connectivity index (χ4v) is 0.667. The molecule has 0 aliphatic carbocycles. The lowest BCUT2D eigenvalue weighted by atomic mass is 10.0. The second-order valence-electron chi connectivity index (χ2n) is 2.59. The van der Waals surface area contributed by atoms with Gasteiger partial charge in [-0.25, -0.2) is 0 Å². The Morgan fingerprint density at radius 1 is 1.50 bits per heavy atom. The van der Waals surface area contributed by atoms with E-state index in [0.29, 0.717) is 12.0 Å². The Morgan fingerprint density at radius 2 is 2.10 bits per heavy atom. The molecule has 0 saturated heterocycles. The molecule has 0 radical (unpaired) electrons. The molecule has 0 bridgehead atoms. The molecule has 2 atom stereocenters. The normalized spacial score (nSPS) is 17.1. The molecule has 0 rings (SSSR count). The first-order valence-electron chi connectivity index (χ1n) is 3.74. The van der Waals surface area contributed by atoms with Crippen LogP contribution >= 0.6 is 0 Å². The minimum Gasteiger partial charge on any atom is -0.307 e. The average molecular weight is 140 g/mol. The van der Waals surface area contributed by atoms with Gasteiger partial charge in [-0.15, -0.1) is 0 Å². The van der Waals surface area contributed by atoms with Crippen molar-refractivity contribution < 1.29 is 0 Å². The molecule has 0 heterocycles. The molecule has 0 aromatic heterocycles. The summed E-state index contributed by atoms with van der Waals surface area (Å²) in [6.07, 6.45) is 3.92. The summed E-state index contributed by atoms with van der Waals surface area (Å²) < 4.78 is 0. The zero-order chi connectivity index (χ0) is 7.98. The van der Waals surface area contributed by atoms with Crippen molar-refractivity contribution in [1.29, 1.82) is 5.41 Å². The van der Waals surface area contributed by atoms with Crippen molar-refractivity contribution >= 4 is 12.4 Å². The molecule has 58 valence electrons. The summed E-state index contributed by atoms with van der Waals surface area (Å²) >= 11 is 0. The van der Waals surface area contributed by atoms with E-state index in [9.17, 15) is 0 Å². The molecule has 0 aliphatic rings. The summed E-state index contributed by atoms with van der Waals surface area (Å²) in [5, 5.41) is 6.72. The summed E-state index contributed by atoms with van der Waals surface area (Å²) in [7, 11) is 0. The lowest BCUT2D eigenvalue weighted by molar-refractivity contribution is 0.473. The van der Waals surface area contributed by atoms with E-state index >= 15 is 0 Å². The van der Waals surface area contributed by atoms with Gasteiger partial charge >= 0.3 is 0 Å². The lowest BCUT2D eigenvalue weighted by Gasteiger charge is -2.12. The van der Waals surface area contributed by atoms with E-state index in [1.165, 1.54) is 6.21 Å².